The minimum Gasteiger partial charge on any atom is -0.490 e. The van der Waals surface area contributed by atoms with Gasteiger partial charge in [-0.25, -0.2) is 0 Å². The molecule has 1 aliphatic rings. The quantitative estimate of drug-likeness (QED) is 0.894. The molecule has 0 radical (unpaired) electrons. The summed E-state index contributed by atoms with van der Waals surface area (Å²) in [6, 6.07) is 5.06. The van der Waals surface area contributed by atoms with Crippen LogP contribution in [0.3, 0.4) is 0 Å². The zero-order valence-electron chi connectivity index (χ0n) is 11.4. The van der Waals surface area contributed by atoms with Crippen molar-refractivity contribution in [1.29, 1.82) is 0 Å². The molecule has 2 aromatic rings. The Morgan fingerprint density at radius 2 is 2.10 bits per heavy atom. The standard InChI is InChI=1S/C14H14ClN3O3/c1-8-12(15)13(18-17-8)16-14(19)9-3-4-10-11(7-9)21-6-2-5-20-10/h3-4,7H,2,5-6H2,1H3,(H2,16,17,18,19). The average Bonchev–Trinajstić information content (AvgIpc) is 2.71. The number of rotatable bonds is 2. The van der Waals surface area contributed by atoms with Crippen LogP contribution in [0.1, 0.15) is 22.5 Å². The maximum Gasteiger partial charge on any atom is 0.257 e. The summed E-state index contributed by atoms with van der Waals surface area (Å²) >= 11 is 6.02. The van der Waals surface area contributed by atoms with Crippen LogP contribution in [0.25, 0.3) is 0 Å². The van der Waals surface area contributed by atoms with E-state index in [1.807, 2.05) is 0 Å². The zero-order chi connectivity index (χ0) is 14.8. The Kier molecular flexibility index (Phi) is 3.70. The largest absolute Gasteiger partial charge is 0.490 e. The number of halogens is 1. The van der Waals surface area contributed by atoms with E-state index in [0.29, 0.717) is 46.8 Å². The summed E-state index contributed by atoms with van der Waals surface area (Å²) in [6.07, 6.45) is 0.818. The van der Waals surface area contributed by atoms with Gasteiger partial charge in [-0.2, -0.15) is 5.10 Å². The number of carbonyl (C=O) groups is 1. The highest BCUT2D eigenvalue weighted by molar-refractivity contribution is 6.34. The predicted octanol–water partition coefficient (Wildman–Crippen LogP) is 2.79. The van der Waals surface area contributed by atoms with E-state index in [1.165, 1.54) is 0 Å². The monoisotopic (exact) mass is 307 g/mol. The third-order valence-electron chi connectivity index (χ3n) is 3.11. The molecule has 7 heteroatoms. The molecule has 0 bridgehead atoms. The average molecular weight is 308 g/mol. The van der Waals surface area contributed by atoms with Crippen LogP contribution in [0.5, 0.6) is 11.5 Å². The number of aromatic amines is 1. The second kappa shape index (κ2) is 5.65. The van der Waals surface area contributed by atoms with Gasteiger partial charge in [0.05, 0.1) is 18.9 Å². The van der Waals surface area contributed by atoms with Gasteiger partial charge in [0.15, 0.2) is 17.3 Å². The van der Waals surface area contributed by atoms with E-state index in [-0.39, 0.29) is 5.91 Å². The number of nitrogens with zero attached hydrogens (tertiary/aromatic N) is 1. The summed E-state index contributed by atoms with van der Waals surface area (Å²) in [6.45, 7) is 2.96. The highest BCUT2D eigenvalue weighted by atomic mass is 35.5. The number of aromatic nitrogens is 2. The number of hydrogen-bond donors (Lipinski definition) is 2. The Labute approximate surface area is 126 Å². The molecule has 110 valence electrons. The lowest BCUT2D eigenvalue weighted by Gasteiger charge is -2.09. The fourth-order valence-electron chi connectivity index (χ4n) is 1.98. The summed E-state index contributed by atoms with van der Waals surface area (Å²) in [5.74, 6) is 1.23. The SMILES string of the molecule is Cc1[nH]nc(NC(=O)c2ccc3c(c2)OCCCO3)c1Cl. The van der Waals surface area contributed by atoms with E-state index in [0.717, 1.165) is 6.42 Å². The van der Waals surface area contributed by atoms with E-state index in [9.17, 15) is 4.79 Å². The fourth-order valence-corrected chi connectivity index (χ4v) is 2.11. The molecule has 6 nitrogen and oxygen atoms in total. The lowest BCUT2D eigenvalue weighted by Crippen LogP contribution is -2.12. The van der Waals surface area contributed by atoms with E-state index in [1.54, 1.807) is 25.1 Å². The van der Waals surface area contributed by atoms with E-state index < -0.39 is 0 Å². The molecule has 0 aliphatic carbocycles. The maximum atomic E-state index is 12.2. The normalized spacial score (nSPS) is 13.6. The van der Waals surface area contributed by atoms with Crippen molar-refractivity contribution >= 4 is 23.3 Å². The van der Waals surface area contributed by atoms with E-state index in [2.05, 4.69) is 15.5 Å². The molecule has 0 fully saturated rings. The maximum absolute atomic E-state index is 12.2. The number of aryl methyl sites for hydroxylation is 1. The smallest absolute Gasteiger partial charge is 0.257 e. The molecule has 1 aromatic carbocycles. The number of benzene rings is 1. The Morgan fingerprint density at radius 1 is 1.33 bits per heavy atom. The molecule has 0 saturated carbocycles. The van der Waals surface area contributed by atoms with Crippen LogP contribution in [0.4, 0.5) is 5.82 Å². The number of carbonyl (C=O) groups excluding carboxylic acids is 1. The molecule has 0 saturated heterocycles. The summed E-state index contributed by atoms with van der Waals surface area (Å²) < 4.78 is 11.1. The number of fused-ring (bicyclic) bond motifs is 1. The minimum atomic E-state index is -0.306. The zero-order valence-corrected chi connectivity index (χ0v) is 12.2. The topological polar surface area (TPSA) is 76.2 Å². The van der Waals surface area contributed by atoms with Crippen LogP contribution < -0.4 is 14.8 Å². The van der Waals surface area contributed by atoms with Crippen molar-refractivity contribution in [1.82, 2.24) is 10.2 Å². The van der Waals surface area contributed by atoms with Crippen molar-refractivity contribution in [2.24, 2.45) is 0 Å². The molecule has 2 N–H and O–H groups in total. The number of ether oxygens (including phenoxy) is 2. The first kappa shape index (κ1) is 13.8. The van der Waals surface area contributed by atoms with Crippen molar-refractivity contribution in [3.8, 4) is 11.5 Å². The molecule has 1 aliphatic heterocycles. The first-order valence-corrected chi connectivity index (χ1v) is 6.94. The van der Waals surface area contributed by atoms with Crippen molar-refractivity contribution in [3.63, 3.8) is 0 Å². The van der Waals surface area contributed by atoms with Gasteiger partial charge in [0, 0.05) is 12.0 Å². The first-order valence-electron chi connectivity index (χ1n) is 6.56. The van der Waals surface area contributed by atoms with Crippen molar-refractivity contribution in [2.75, 3.05) is 18.5 Å². The number of anilines is 1. The Morgan fingerprint density at radius 3 is 2.81 bits per heavy atom. The molecule has 3 rings (SSSR count). The van der Waals surface area contributed by atoms with Crippen LogP contribution in [-0.4, -0.2) is 29.3 Å². The number of amides is 1. The predicted molar refractivity (Wildman–Crippen MR) is 78.3 cm³/mol. The van der Waals surface area contributed by atoms with Gasteiger partial charge < -0.3 is 14.8 Å². The summed E-state index contributed by atoms with van der Waals surface area (Å²) in [7, 11) is 0. The lowest BCUT2D eigenvalue weighted by molar-refractivity contribution is 0.102. The lowest BCUT2D eigenvalue weighted by atomic mass is 10.2. The minimum absolute atomic E-state index is 0.306. The van der Waals surface area contributed by atoms with Gasteiger partial charge in [-0.05, 0) is 25.1 Å². The van der Waals surface area contributed by atoms with Gasteiger partial charge in [-0.15, -0.1) is 0 Å². The van der Waals surface area contributed by atoms with Gasteiger partial charge in [-0.1, -0.05) is 11.6 Å². The van der Waals surface area contributed by atoms with Crippen LogP contribution in [0.15, 0.2) is 18.2 Å². The molecular weight excluding hydrogens is 294 g/mol. The molecular formula is C14H14ClN3O3. The molecule has 0 unspecified atom stereocenters. The van der Waals surface area contributed by atoms with Crippen molar-refractivity contribution in [2.45, 2.75) is 13.3 Å². The van der Waals surface area contributed by atoms with Gasteiger partial charge in [0.1, 0.15) is 5.02 Å². The van der Waals surface area contributed by atoms with Gasteiger partial charge in [-0.3, -0.25) is 9.89 Å². The number of H-pyrrole nitrogens is 1. The second-order valence-electron chi connectivity index (χ2n) is 4.68. The molecule has 1 amide bonds. The van der Waals surface area contributed by atoms with Gasteiger partial charge in [0.25, 0.3) is 5.91 Å². The van der Waals surface area contributed by atoms with E-state index in [4.69, 9.17) is 21.1 Å². The van der Waals surface area contributed by atoms with Gasteiger partial charge >= 0.3 is 0 Å². The van der Waals surface area contributed by atoms with Crippen molar-refractivity contribution in [3.05, 3.63) is 34.5 Å². The molecule has 0 atom stereocenters. The second-order valence-corrected chi connectivity index (χ2v) is 5.06. The van der Waals surface area contributed by atoms with Crippen LogP contribution in [0.2, 0.25) is 5.02 Å². The fraction of sp³-hybridized carbons (Fsp3) is 0.286. The van der Waals surface area contributed by atoms with Crippen LogP contribution in [-0.2, 0) is 0 Å². The van der Waals surface area contributed by atoms with Gasteiger partial charge in [0.2, 0.25) is 0 Å². The summed E-state index contributed by atoms with van der Waals surface area (Å²) in [4.78, 5) is 12.2. The number of nitrogens with one attached hydrogen (secondary N) is 2. The third kappa shape index (κ3) is 2.80. The first-order chi connectivity index (χ1) is 10.1. The summed E-state index contributed by atoms with van der Waals surface area (Å²) in [5, 5.41) is 9.71. The summed E-state index contributed by atoms with van der Waals surface area (Å²) in [5.41, 5.74) is 1.15. The molecule has 0 spiro atoms. The van der Waals surface area contributed by atoms with Crippen LogP contribution in [0, 0.1) is 6.92 Å². The molecule has 21 heavy (non-hydrogen) atoms. The third-order valence-corrected chi connectivity index (χ3v) is 3.58. The van der Waals surface area contributed by atoms with Crippen LogP contribution >= 0.6 is 11.6 Å². The Hall–Kier alpha value is -2.21. The highest BCUT2D eigenvalue weighted by Gasteiger charge is 2.16. The number of hydrogen-bond acceptors (Lipinski definition) is 4. The Balaban J connectivity index is 1.82. The Bertz CT molecular complexity index is 684. The van der Waals surface area contributed by atoms with Crippen molar-refractivity contribution < 1.29 is 14.3 Å². The molecule has 2 heterocycles. The van der Waals surface area contributed by atoms with E-state index >= 15 is 0 Å². The highest BCUT2D eigenvalue weighted by Crippen LogP contribution is 2.31. The molecule has 1 aromatic heterocycles.